The molecule has 28 heavy (non-hydrogen) atoms. The average Bonchev–Trinajstić information content (AvgIpc) is 2.64. The van der Waals surface area contributed by atoms with Crippen LogP contribution < -0.4 is 15.4 Å². The maximum absolute atomic E-state index is 13.0. The molecular weight excluding hydrogens is 376 g/mol. The molecule has 1 aliphatic rings. The summed E-state index contributed by atoms with van der Waals surface area (Å²) in [4.78, 5) is 13.3. The van der Waals surface area contributed by atoms with E-state index in [1.54, 1.807) is 31.4 Å². The lowest BCUT2D eigenvalue weighted by Gasteiger charge is -2.42. The molecule has 3 rings (SSSR count). The number of benzene rings is 2. The number of carbonyl (C=O) groups excluding carboxylic acids is 1. The van der Waals surface area contributed by atoms with Crippen molar-refractivity contribution in [2.75, 3.05) is 26.5 Å². The number of rotatable bonds is 7. The van der Waals surface area contributed by atoms with E-state index in [2.05, 4.69) is 10.6 Å². The highest BCUT2D eigenvalue weighted by Gasteiger charge is 2.44. The summed E-state index contributed by atoms with van der Waals surface area (Å²) >= 11 is 0. The van der Waals surface area contributed by atoms with Gasteiger partial charge in [-0.15, -0.1) is 0 Å². The second-order valence-corrected chi connectivity index (χ2v) is 9.46. The maximum Gasteiger partial charge on any atom is 0.229 e. The van der Waals surface area contributed by atoms with Gasteiger partial charge in [-0.2, -0.15) is 0 Å². The monoisotopic (exact) mass is 402 g/mol. The molecule has 2 aromatic rings. The fourth-order valence-corrected chi connectivity index (χ4v) is 4.03. The van der Waals surface area contributed by atoms with Crippen molar-refractivity contribution in [2.45, 2.75) is 24.3 Å². The lowest BCUT2D eigenvalue weighted by atomic mass is 9.75. The molecule has 6 nitrogen and oxygen atoms in total. The first kappa shape index (κ1) is 20.4. The molecule has 0 aromatic heterocycles. The van der Waals surface area contributed by atoms with Gasteiger partial charge in [-0.1, -0.05) is 24.3 Å². The second-order valence-electron chi connectivity index (χ2n) is 7.45. The van der Waals surface area contributed by atoms with Crippen molar-refractivity contribution < 1.29 is 17.9 Å². The zero-order valence-corrected chi connectivity index (χ0v) is 17.2. The number of carbonyl (C=O) groups is 1. The number of amides is 1. The van der Waals surface area contributed by atoms with Gasteiger partial charge >= 0.3 is 0 Å². The van der Waals surface area contributed by atoms with Gasteiger partial charge in [-0.05, 0) is 48.7 Å². The SMILES string of the molecule is COc1cccc(CC2(C(=O)NC(C)c3ccc(S(C)(=O)=O)cc3)CNC2)c1. The molecule has 0 bridgehead atoms. The molecule has 2 N–H and O–H groups in total. The number of hydrogen-bond donors (Lipinski definition) is 2. The molecule has 2 aromatic carbocycles. The molecular formula is C21H26N2O4S. The highest BCUT2D eigenvalue weighted by atomic mass is 32.2. The van der Waals surface area contributed by atoms with Crippen LogP contribution in [0.2, 0.25) is 0 Å². The smallest absolute Gasteiger partial charge is 0.229 e. The fraction of sp³-hybridized carbons (Fsp3) is 0.381. The van der Waals surface area contributed by atoms with E-state index >= 15 is 0 Å². The summed E-state index contributed by atoms with van der Waals surface area (Å²) in [5.74, 6) is 0.772. The van der Waals surface area contributed by atoms with Gasteiger partial charge in [0.1, 0.15) is 5.75 Å². The number of hydrogen-bond acceptors (Lipinski definition) is 5. The Morgan fingerprint density at radius 1 is 1.21 bits per heavy atom. The zero-order chi connectivity index (χ0) is 20.4. The molecule has 1 unspecified atom stereocenters. The number of ether oxygens (including phenoxy) is 1. The summed E-state index contributed by atoms with van der Waals surface area (Å²) < 4.78 is 28.5. The Bertz CT molecular complexity index is 951. The minimum Gasteiger partial charge on any atom is -0.497 e. The molecule has 1 fully saturated rings. The Balaban J connectivity index is 1.71. The van der Waals surface area contributed by atoms with Gasteiger partial charge in [0.2, 0.25) is 5.91 Å². The van der Waals surface area contributed by atoms with Gasteiger partial charge in [0, 0.05) is 19.3 Å². The Labute approximate surface area is 166 Å². The van der Waals surface area contributed by atoms with Crippen LogP contribution in [0.15, 0.2) is 53.4 Å². The topological polar surface area (TPSA) is 84.5 Å². The molecule has 1 amide bonds. The van der Waals surface area contributed by atoms with Gasteiger partial charge in [-0.25, -0.2) is 8.42 Å². The van der Waals surface area contributed by atoms with Crippen molar-refractivity contribution in [3.8, 4) is 5.75 Å². The molecule has 1 saturated heterocycles. The summed E-state index contributed by atoms with van der Waals surface area (Å²) in [7, 11) is -1.60. The highest BCUT2D eigenvalue weighted by Crippen LogP contribution is 2.30. The third-order valence-electron chi connectivity index (χ3n) is 5.24. The number of nitrogens with one attached hydrogen (secondary N) is 2. The Hall–Kier alpha value is -2.38. The molecule has 1 heterocycles. The van der Waals surface area contributed by atoms with Crippen LogP contribution in [0.25, 0.3) is 0 Å². The maximum atomic E-state index is 13.0. The van der Waals surface area contributed by atoms with Gasteiger partial charge < -0.3 is 15.4 Å². The summed E-state index contributed by atoms with van der Waals surface area (Å²) in [6.07, 6.45) is 1.81. The van der Waals surface area contributed by atoms with Gasteiger partial charge in [0.25, 0.3) is 0 Å². The molecule has 1 aliphatic heterocycles. The quantitative estimate of drug-likeness (QED) is 0.741. The largest absolute Gasteiger partial charge is 0.497 e. The van der Waals surface area contributed by atoms with Gasteiger partial charge in [0.05, 0.1) is 23.5 Å². The summed E-state index contributed by atoms with van der Waals surface area (Å²) in [6.45, 7) is 3.14. The van der Waals surface area contributed by atoms with E-state index in [4.69, 9.17) is 4.74 Å². The van der Waals surface area contributed by atoms with Crippen molar-refractivity contribution in [1.29, 1.82) is 0 Å². The van der Waals surface area contributed by atoms with Crippen LogP contribution in [-0.4, -0.2) is 40.8 Å². The highest BCUT2D eigenvalue weighted by molar-refractivity contribution is 7.90. The van der Waals surface area contributed by atoms with Crippen molar-refractivity contribution >= 4 is 15.7 Å². The van der Waals surface area contributed by atoms with Crippen LogP contribution in [0, 0.1) is 5.41 Å². The van der Waals surface area contributed by atoms with Crippen molar-refractivity contribution in [2.24, 2.45) is 5.41 Å². The first-order valence-corrected chi connectivity index (χ1v) is 11.1. The molecule has 0 spiro atoms. The lowest BCUT2D eigenvalue weighted by molar-refractivity contribution is -0.134. The standard InChI is InChI=1S/C21H26N2O4S/c1-15(17-7-9-19(10-8-17)28(3,25)26)23-20(24)21(13-22-14-21)12-16-5-4-6-18(11-16)27-2/h4-11,15,22H,12-14H2,1-3H3,(H,23,24). The number of methoxy groups -OCH3 is 1. The molecule has 150 valence electrons. The normalized spacial score (nSPS) is 16.7. The number of sulfone groups is 1. The second kappa shape index (κ2) is 7.93. The van der Waals surface area contributed by atoms with Crippen LogP contribution in [0.4, 0.5) is 0 Å². The predicted octanol–water partition coefficient (Wildman–Crippen LogP) is 2.11. The summed E-state index contributed by atoms with van der Waals surface area (Å²) in [5.41, 5.74) is 1.43. The minimum absolute atomic E-state index is 0.00578. The summed E-state index contributed by atoms with van der Waals surface area (Å²) in [6, 6.07) is 14.2. The van der Waals surface area contributed by atoms with Crippen molar-refractivity contribution in [3.05, 3.63) is 59.7 Å². The molecule has 0 aliphatic carbocycles. The minimum atomic E-state index is -3.23. The predicted molar refractivity (Wildman–Crippen MR) is 108 cm³/mol. The summed E-state index contributed by atoms with van der Waals surface area (Å²) in [5, 5.41) is 6.30. The average molecular weight is 403 g/mol. The third kappa shape index (κ3) is 4.36. The third-order valence-corrected chi connectivity index (χ3v) is 6.37. The van der Waals surface area contributed by atoms with Gasteiger partial charge in [0.15, 0.2) is 9.84 Å². The van der Waals surface area contributed by atoms with Crippen LogP contribution in [0.1, 0.15) is 24.1 Å². The van der Waals surface area contributed by atoms with E-state index in [9.17, 15) is 13.2 Å². The zero-order valence-electron chi connectivity index (χ0n) is 16.4. The Kier molecular flexibility index (Phi) is 5.76. The van der Waals surface area contributed by atoms with Crippen LogP contribution in [0.5, 0.6) is 5.75 Å². The Morgan fingerprint density at radius 3 is 2.43 bits per heavy atom. The molecule has 0 radical (unpaired) electrons. The van der Waals surface area contributed by atoms with Crippen LogP contribution in [-0.2, 0) is 21.1 Å². The van der Waals surface area contributed by atoms with Crippen molar-refractivity contribution in [3.63, 3.8) is 0 Å². The molecule has 7 heteroatoms. The van der Waals surface area contributed by atoms with E-state index in [1.807, 2.05) is 31.2 Å². The van der Waals surface area contributed by atoms with E-state index < -0.39 is 15.3 Å². The van der Waals surface area contributed by atoms with E-state index in [1.165, 1.54) is 6.26 Å². The van der Waals surface area contributed by atoms with E-state index in [-0.39, 0.29) is 16.8 Å². The van der Waals surface area contributed by atoms with E-state index in [0.717, 1.165) is 16.9 Å². The molecule has 0 saturated carbocycles. The van der Waals surface area contributed by atoms with Crippen molar-refractivity contribution in [1.82, 2.24) is 10.6 Å². The van der Waals surface area contributed by atoms with E-state index in [0.29, 0.717) is 19.5 Å². The lowest BCUT2D eigenvalue weighted by Crippen LogP contribution is -2.62. The fourth-order valence-electron chi connectivity index (χ4n) is 3.40. The van der Waals surface area contributed by atoms with Crippen LogP contribution in [0.3, 0.4) is 0 Å². The molecule has 1 atom stereocenters. The van der Waals surface area contributed by atoms with Gasteiger partial charge in [-0.3, -0.25) is 4.79 Å². The van der Waals surface area contributed by atoms with Crippen LogP contribution >= 0.6 is 0 Å². The Morgan fingerprint density at radius 2 is 1.89 bits per heavy atom. The first-order chi connectivity index (χ1) is 13.2. The first-order valence-electron chi connectivity index (χ1n) is 9.18.